The molecule has 0 aromatic heterocycles. The maximum Gasteiger partial charge on any atom is 0.164 e. The Bertz CT molecular complexity index is 461. The lowest BCUT2D eigenvalue weighted by Crippen LogP contribution is -2.21. The third kappa shape index (κ3) is 3.44. The second-order valence-corrected chi connectivity index (χ2v) is 4.77. The van der Waals surface area contributed by atoms with Crippen LogP contribution < -0.4 is 11.1 Å². The Kier molecular flexibility index (Phi) is 5.10. The lowest BCUT2D eigenvalue weighted by molar-refractivity contribution is -0.118. The number of rotatable bonds is 5. The average molecular weight is 246 g/mol. The van der Waals surface area contributed by atoms with Crippen molar-refractivity contribution in [2.24, 2.45) is 11.7 Å². The van der Waals surface area contributed by atoms with Crippen LogP contribution in [0.15, 0.2) is 35.5 Å². The SMILES string of the molecule is C/C(Nc1ccccc1C)=C(/CN)C(=O)C(C)C. The Morgan fingerprint density at radius 1 is 1.33 bits per heavy atom. The van der Waals surface area contributed by atoms with Crippen molar-refractivity contribution in [3.8, 4) is 0 Å². The molecule has 0 heterocycles. The van der Waals surface area contributed by atoms with Crippen LogP contribution in [0, 0.1) is 12.8 Å². The van der Waals surface area contributed by atoms with E-state index in [1.807, 2.05) is 52.0 Å². The normalized spacial score (nSPS) is 12.3. The number of para-hydroxylation sites is 1. The first-order valence-electron chi connectivity index (χ1n) is 6.24. The lowest BCUT2D eigenvalue weighted by Gasteiger charge is -2.15. The minimum absolute atomic E-state index is 0.0304. The summed E-state index contributed by atoms with van der Waals surface area (Å²) in [5.41, 5.74) is 9.35. The van der Waals surface area contributed by atoms with Gasteiger partial charge in [0.1, 0.15) is 0 Å². The zero-order valence-corrected chi connectivity index (χ0v) is 11.6. The molecule has 18 heavy (non-hydrogen) atoms. The number of anilines is 1. The first-order chi connectivity index (χ1) is 8.47. The van der Waals surface area contributed by atoms with Gasteiger partial charge in [-0.1, -0.05) is 32.0 Å². The molecule has 3 nitrogen and oxygen atoms in total. The number of nitrogens with two attached hydrogens (primary N) is 1. The largest absolute Gasteiger partial charge is 0.359 e. The minimum Gasteiger partial charge on any atom is -0.359 e. The van der Waals surface area contributed by atoms with Crippen LogP contribution >= 0.6 is 0 Å². The number of hydrogen-bond donors (Lipinski definition) is 2. The number of aryl methyl sites for hydroxylation is 1. The predicted octanol–water partition coefficient (Wildman–Crippen LogP) is 2.86. The van der Waals surface area contributed by atoms with E-state index >= 15 is 0 Å². The van der Waals surface area contributed by atoms with Gasteiger partial charge in [0.15, 0.2) is 5.78 Å². The standard InChI is InChI=1S/C15H22N2O/c1-10(2)15(18)13(9-16)12(4)17-14-8-6-5-7-11(14)3/h5-8,10,17H,9,16H2,1-4H3/b13-12+. The summed E-state index contributed by atoms with van der Waals surface area (Å²) in [4.78, 5) is 12.0. The second kappa shape index (κ2) is 6.36. The molecule has 3 N–H and O–H groups in total. The van der Waals surface area contributed by atoms with Crippen LogP contribution in [0.3, 0.4) is 0 Å². The number of Topliss-reactive ketones (excluding diaryl/α,β-unsaturated/α-hetero) is 1. The minimum atomic E-state index is -0.0304. The molecule has 0 saturated carbocycles. The Balaban J connectivity index is 3.01. The topological polar surface area (TPSA) is 55.1 Å². The number of benzene rings is 1. The van der Waals surface area contributed by atoms with E-state index in [0.29, 0.717) is 5.57 Å². The highest BCUT2D eigenvalue weighted by atomic mass is 16.1. The van der Waals surface area contributed by atoms with Crippen molar-refractivity contribution in [2.45, 2.75) is 27.7 Å². The van der Waals surface area contributed by atoms with Crippen LogP contribution in [0.4, 0.5) is 5.69 Å². The molecule has 0 aliphatic rings. The number of allylic oxidation sites excluding steroid dienone is 1. The maximum atomic E-state index is 12.0. The number of carbonyl (C=O) groups is 1. The van der Waals surface area contributed by atoms with Crippen LogP contribution in [0.5, 0.6) is 0 Å². The van der Waals surface area contributed by atoms with E-state index in [1.165, 1.54) is 0 Å². The summed E-state index contributed by atoms with van der Waals surface area (Å²) in [6, 6.07) is 7.98. The molecule has 0 radical (unpaired) electrons. The van der Waals surface area contributed by atoms with Crippen LogP contribution in [-0.4, -0.2) is 12.3 Å². The van der Waals surface area contributed by atoms with E-state index in [1.54, 1.807) is 0 Å². The van der Waals surface area contributed by atoms with Crippen molar-refractivity contribution in [3.05, 3.63) is 41.1 Å². The van der Waals surface area contributed by atoms with Gasteiger partial charge in [0.25, 0.3) is 0 Å². The van der Waals surface area contributed by atoms with Crippen LogP contribution in [0.1, 0.15) is 26.3 Å². The van der Waals surface area contributed by atoms with E-state index in [-0.39, 0.29) is 18.2 Å². The van der Waals surface area contributed by atoms with Gasteiger partial charge < -0.3 is 11.1 Å². The summed E-state index contributed by atoms with van der Waals surface area (Å²) in [7, 11) is 0. The van der Waals surface area contributed by atoms with Gasteiger partial charge in [0, 0.05) is 29.4 Å². The highest BCUT2D eigenvalue weighted by molar-refractivity contribution is 5.98. The highest BCUT2D eigenvalue weighted by Gasteiger charge is 2.15. The number of carbonyl (C=O) groups excluding carboxylic acids is 1. The monoisotopic (exact) mass is 246 g/mol. The van der Waals surface area contributed by atoms with Crippen molar-refractivity contribution in [2.75, 3.05) is 11.9 Å². The summed E-state index contributed by atoms with van der Waals surface area (Å²) in [6.07, 6.45) is 0. The molecule has 0 atom stereocenters. The molecule has 0 fully saturated rings. The second-order valence-electron chi connectivity index (χ2n) is 4.77. The molecule has 1 aromatic rings. The summed E-state index contributed by atoms with van der Waals surface area (Å²) >= 11 is 0. The summed E-state index contributed by atoms with van der Waals surface area (Å²) < 4.78 is 0. The first-order valence-corrected chi connectivity index (χ1v) is 6.24. The number of ketones is 1. The van der Waals surface area contributed by atoms with Gasteiger partial charge in [0.2, 0.25) is 0 Å². The van der Waals surface area contributed by atoms with Crippen LogP contribution in [0.2, 0.25) is 0 Å². The number of hydrogen-bond acceptors (Lipinski definition) is 3. The van der Waals surface area contributed by atoms with Gasteiger partial charge >= 0.3 is 0 Å². The quantitative estimate of drug-likeness (QED) is 0.785. The summed E-state index contributed by atoms with van der Waals surface area (Å²) in [6.45, 7) is 7.97. The molecule has 0 aliphatic carbocycles. The van der Waals surface area contributed by atoms with Crippen molar-refractivity contribution in [1.29, 1.82) is 0 Å². The van der Waals surface area contributed by atoms with E-state index in [0.717, 1.165) is 16.9 Å². The molecule has 0 aliphatic heterocycles. The molecule has 3 heteroatoms. The fourth-order valence-electron chi connectivity index (χ4n) is 1.78. The summed E-state index contributed by atoms with van der Waals surface area (Å²) in [5, 5.41) is 3.28. The maximum absolute atomic E-state index is 12.0. The van der Waals surface area contributed by atoms with Gasteiger partial charge in [0.05, 0.1) is 0 Å². The zero-order chi connectivity index (χ0) is 13.7. The van der Waals surface area contributed by atoms with Gasteiger partial charge in [-0.25, -0.2) is 0 Å². The fourth-order valence-corrected chi connectivity index (χ4v) is 1.78. The Labute approximate surface area is 109 Å². The van der Waals surface area contributed by atoms with Crippen LogP contribution in [-0.2, 0) is 4.79 Å². The van der Waals surface area contributed by atoms with Gasteiger partial charge in [-0.3, -0.25) is 4.79 Å². The Morgan fingerprint density at radius 3 is 2.44 bits per heavy atom. The van der Waals surface area contributed by atoms with Crippen molar-refractivity contribution < 1.29 is 4.79 Å². The van der Waals surface area contributed by atoms with Gasteiger partial charge in [-0.15, -0.1) is 0 Å². The van der Waals surface area contributed by atoms with E-state index in [9.17, 15) is 4.79 Å². The first kappa shape index (κ1) is 14.5. The van der Waals surface area contributed by atoms with Crippen LogP contribution in [0.25, 0.3) is 0 Å². The molecule has 0 spiro atoms. The van der Waals surface area contributed by atoms with Crippen molar-refractivity contribution >= 4 is 11.5 Å². The molecule has 0 unspecified atom stereocenters. The highest BCUT2D eigenvalue weighted by Crippen LogP contribution is 2.18. The smallest absolute Gasteiger partial charge is 0.164 e. The van der Waals surface area contributed by atoms with E-state index in [4.69, 9.17) is 5.73 Å². The third-order valence-corrected chi connectivity index (χ3v) is 2.95. The molecule has 0 amide bonds. The lowest BCUT2D eigenvalue weighted by atomic mass is 9.99. The molecule has 98 valence electrons. The van der Waals surface area contributed by atoms with E-state index < -0.39 is 0 Å². The zero-order valence-electron chi connectivity index (χ0n) is 11.6. The Morgan fingerprint density at radius 2 is 1.94 bits per heavy atom. The Hall–Kier alpha value is -1.61. The van der Waals surface area contributed by atoms with Gasteiger partial charge in [-0.2, -0.15) is 0 Å². The molecule has 0 bridgehead atoms. The average Bonchev–Trinajstić information content (AvgIpc) is 2.32. The third-order valence-electron chi connectivity index (χ3n) is 2.95. The summed E-state index contributed by atoms with van der Waals surface area (Å²) in [5.74, 6) is 0.0771. The fraction of sp³-hybridized carbons (Fsp3) is 0.400. The van der Waals surface area contributed by atoms with Gasteiger partial charge in [-0.05, 0) is 25.5 Å². The molecular weight excluding hydrogens is 224 g/mol. The number of nitrogens with one attached hydrogen (secondary N) is 1. The predicted molar refractivity (Wildman–Crippen MR) is 76.4 cm³/mol. The molecular formula is C15H22N2O. The molecule has 1 rings (SSSR count). The molecule has 0 saturated heterocycles. The van der Waals surface area contributed by atoms with E-state index in [2.05, 4.69) is 5.32 Å². The van der Waals surface area contributed by atoms with Crippen molar-refractivity contribution in [1.82, 2.24) is 0 Å². The molecule has 1 aromatic carbocycles. The van der Waals surface area contributed by atoms with Crippen molar-refractivity contribution in [3.63, 3.8) is 0 Å².